The molecule has 0 aliphatic carbocycles. The molecule has 1 aliphatic heterocycles. The van der Waals surface area contributed by atoms with Crippen molar-refractivity contribution in [2.75, 3.05) is 20.2 Å². The lowest BCUT2D eigenvalue weighted by Gasteiger charge is -2.15. The lowest BCUT2D eigenvalue weighted by Crippen LogP contribution is -2.30. The fourth-order valence-corrected chi connectivity index (χ4v) is 1.03. The number of alkyl halides is 3. The predicted octanol–water partition coefficient (Wildman–Crippen LogP) is 1.56. The molecule has 0 atom stereocenters. The molecule has 0 aromatic rings. The molecule has 1 heterocycles. The summed E-state index contributed by atoms with van der Waals surface area (Å²) in [6.07, 6.45) is -4.10. The van der Waals surface area contributed by atoms with Crippen LogP contribution in [0.15, 0.2) is 11.6 Å². The first-order chi connectivity index (χ1) is 5.95. The van der Waals surface area contributed by atoms with Crippen LogP contribution in [0.2, 0.25) is 0 Å². The summed E-state index contributed by atoms with van der Waals surface area (Å²) >= 11 is 0. The first-order valence-electron chi connectivity index (χ1n) is 3.54. The molecule has 3 nitrogen and oxygen atoms in total. The zero-order valence-electron chi connectivity index (χ0n) is 6.89. The normalized spacial score (nSPS) is 17.2. The molecule has 1 aliphatic rings. The average molecular weight is 195 g/mol. The molecule has 0 fully saturated rings. The molecule has 0 saturated carbocycles. The summed E-state index contributed by atoms with van der Waals surface area (Å²) in [5, 5.41) is 0. The number of ether oxygens (including phenoxy) is 1. The fourth-order valence-electron chi connectivity index (χ4n) is 1.03. The van der Waals surface area contributed by atoms with E-state index in [1.807, 2.05) is 0 Å². The summed E-state index contributed by atoms with van der Waals surface area (Å²) in [4.78, 5) is 11.8. The van der Waals surface area contributed by atoms with Crippen molar-refractivity contribution in [1.29, 1.82) is 0 Å². The van der Waals surface area contributed by atoms with Crippen molar-refractivity contribution in [3.05, 3.63) is 11.6 Å². The third-order valence-corrected chi connectivity index (χ3v) is 1.72. The number of halogens is 3. The van der Waals surface area contributed by atoms with Crippen LogP contribution in [0.1, 0.15) is 0 Å². The molecule has 74 valence electrons. The Morgan fingerprint density at radius 2 is 2.23 bits per heavy atom. The van der Waals surface area contributed by atoms with Gasteiger partial charge in [-0.3, -0.25) is 0 Å². The Morgan fingerprint density at radius 3 is 2.62 bits per heavy atom. The van der Waals surface area contributed by atoms with E-state index < -0.39 is 24.4 Å². The SMILES string of the molecule is COC(=O)N1CC=C(C(F)(F)F)C1. The Morgan fingerprint density at radius 1 is 1.62 bits per heavy atom. The lowest BCUT2D eigenvalue weighted by molar-refractivity contribution is -0.0931. The van der Waals surface area contributed by atoms with Crippen molar-refractivity contribution >= 4 is 6.09 Å². The van der Waals surface area contributed by atoms with E-state index in [4.69, 9.17) is 0 Å². The second-order valence-electron chi connectivity index (χ2n) is 2.58. The van der Waals surface area contributed by atoms with Gasteiger partial charge in [0.05, 0.1) is 19.2 Å². The van der Waals surface area contributed by atoms with Crippen LogP contribution in [-0.2, 0) is 4.74 Å². The first kappa shape index (κ1) is 9.88. The molecule has 0 bridgehead atoms. The minimum absolute atomic E-state index is 0.0402. The minimum atomic E-state index is -4.34. The molecule has 0 unspecified atom stereocenters. The third-order valence-electron chi connectivity index (χ3n) is 1.72. The van der Waals surface area contributed by atoms with Gasteiger partial charge in [-0.1, -0.05) is 6.08 Å². The topological polar surface area (TPSA) is 29.5 Å². The molecule has 0 spiro atoms. The molecule has 0 aromatic carbocycles. The number of methoxy groups -OCH3 is 1. The van der Waals surface area contributed by atoms with E-state index in [2.05, 4.69) is 4.74 Å². The molecule has 1 rings (SSSR count). The van der Waals surface area contributed by atoms with Crippen molar-refractivity contribution in [2.24, 2.45) is 0 Å². The molecule has 0 aromatic heterocycles. The van der Waals surface area contributed by atoms with Crippen LogP contribution in [-0.4, -0.2) is 37.4 Å². The van der Waals surface area contributed by atoms with Gasteiger partial charge < -0.3 is 9.64 Å². The summed E-state index contributed by atoms with van der Waals surface area (Å²) in [6, 6.07) is 0. The Labute approximate surface area is 72.8 Å². The van der Waals surface area contributed by atoms with Gasteiger partial charge in [-0.25, -0.2) is 4.79 Å². The van der Waals surface area contributed by atoms with Gasteiger partial charge in [-0.15, -0.1) is 0 Å². The molecular formula is C7H8F3NO2. The van der Waals surface area contributed by atoms with Gasteiger partial charge in [-0.05, 0) is 0 Å². The number of amides is 1. The second-order valence-corrected chi connectivity index (χ2v) is 2.58. The van der Waals surface area contributed by atoms with Gasteiger partial charge in [0.2, 0.25) is 0 Å². The van der Waals surface area contributed by atoms with Gasteiger partial charge >= 0.3 is 12.3 Å². The average Bonchev–Trinajstić information content (AvgIpc) is 2.50. The number of rotatable bonds is 0. The highest BCUT2D eigenvalue weighted by molar-refractivity contribution is 5.68. The first-order valence-corrected chi connectivity index (χ1v) is 3.54. The van der Waals surface area contributed by atoms with Gasteiger partial charge in [0.15, 0.2) is 0 Å². The van der Waals surface area contributed by atoms with Crippen LogP contribution in [0.25, 0.3) is 0 Å². The molecule has 13 heavy (non-hydrogen) atoms. The van der Waals surface area contributed by atoms with Crippen LogP contribution in [0.3, 0.4) is 0 Å². The van der Waals surface area contributed by atoms with E-state index in [1.165, 1.54) is 0 Å². The zero-order valence-corrected chi connectivity index (χ0v) is 6.89. The Hall–Kier alpha value is -1.20. The molecule has 0 radical (unpaired) electrons. The Bertz CT molecular complexity index is 247. The number of nitrogens with zero attached hydrogens (tertiary/aromatic N) is 1. The highest BCUT2D eigenvalue weighted by Gasteiger charge is 2.38. The van der Waals surface area contributed by atoms with Crippen molar-refractivity contribution < 1.29 is 22.7 Å². The highest BCUT2D eigenvalue weighted by Crippen LogP contribution is 2.29. The smallest absolute Gasteiger partial charge is 0.414 e. The van der Waals surface area contributed by atoms with E-state index in [1.54, 1.807) is 0 Å². The zero-order chi connectivity index (χ0) is 10.1. The minimum Gasteiger partial charge on any atom is -0.453 e. The summed E-state index contributed by atoms with van der Waals surface area (Å²) in [6.45, 7) is -0.461. The van der Waals surface area contributed by atoms with Crippen molar-refractivity contribution in [3.8, 4) is 0 Å². The van der Waals surface area contributed by atoms with Crippen LogP contribution >= 0.6 is 0 Å². The van der Waals surface area contributed by atoms with Crippen molar-refractivity contribution in [1.82, 2.24) is 4.90 Å². The van der Waals surface area contributed by atoms with Crippen molar-refractivity contribution in [3.63, 3.8) is 0 Å². The molecule has 6 heteroatoms. The van der Waals surface area contributed by atoms with Crippen LogP contribution < -0.4 is 0 Å². The summed E-state index contributed by atoms with van der Waals surface area (Å²) in [7, 11) is 1.13. The molecule has 0 N–H and O–H groups in total. The van der Waals surface area contributed by atoms with Gasteiger partial charge in [0.25, 0.3) is 0 Å². The maximum Gasteiger partial charge on any atom is 0.414 e. The van der Waals surface area contributed by atoms with Crippen molar-refractivity contribution in [2.45, 2.75) is 6.18 Å². The van der Waals surface area contributed by atoms with E-state index in [0.29, 0.717) is 0 Å². The maximum absolute atomic E-state index is 12.1. The molecule has 1 amide bonds. The Kier molecular flexibility index (Phi) is 2.49. The number of carbonyl (C=O) groups is 1. The van der Waals surface area contributed by atoms with Gasteiger partial charge in [-0.2, -0.15) is 13.2 Å². The van der Waals surface area contributed by atoms with Crippen LogP contribution in [0.5, 0.6) is 0 Å². The van der Waals surface area contributed by atoms with Crippen LogP contribution in [0.4, 0.5) is 18.0 Å². The highest BCUT2D eigenvalue weighted by atomic mass is 19.4. The third kappa shape index (κ3) is 2.13. The molecule has 0 saturated heterocycles. The van der Waals surface area contributed by atoms with E-state index in [-0.39, 0.29) is 6.54 Å². The Balaban J connectivity index is 2.57. The standard InChI is InChI=1S/C7H8F3NO2/c1-13-6(12)11-3-2-5(4-11)7(8,9)10/h2H,3-4H2,1H3. The number of hydrogen-bond donors (Lipinski definition) is 0. The second kappa shape index (κ2) is 3.27. The maximum atomic E-state index is 12.1. The summed E-state index contributed by atoms with van der Waals surface area (Å²) in [5.41, 5.74) is -0.696. The number of carbonyl (C=O) groups excluding carboxylic acids is 1. The summed E-state index contributed by atoms with van der Waals surface area (Å²) < 4.78 is 40.4. The largest absolute Gasteiger partial charge is 0.453 e. The van der Waals surface area contributed by atoms with E-state index in [0.717, 1.165) is 18.1 Å². The fraction of sp³-hybridized carbons (Fsp3) is 0.571. The quantitative estimate of drug-likeness (QED) is 0.549. The van der Waals surface area contributed by atoms with Gasteiger partial charge in [0.1, 0.15) is 0 Å². The van der Waals surface area contributed by atoms with Gasteiger partial charge in [0, 0.05) is 6.54 Å². The van der Waals surface area contributed by atoms with E-state index in [9.17, 15) is 18.0 Å². The van der Waals surface area contributed by atoms with Crippen LogP contribution in [0, 0.1) is 0 Å². The monoisotopic (exact) mass is 195 g/mol. The molecular weight excluding hydrogens is 187 g/mol. The summed E-state index contributed by atoms with van der Waals surface area (Å²) in [5.74, 6) is 0. The predicted molar refractivity (Wildman–Crippen MR) is 38.1 cm³/mol. The lowest BCUT2D eigenvalue weighted by atomic mass is 10.3. The van der Waals surface area contributed by atoms with E-state index >= 15 is 0 Å². The number of hydrogen-bond acceptors (Lipinski definition) is 2.